The number of rotatable bonds is 3. The number of thiazole rings is 1. The predicted octanol–water partition coefficient (Wildman–Crippen LogP) is 3.23. The van der Waals surface area contributed by atoms with E-state index < -0.39 is 11.9 Å². The topological polar surface area (TPSA) is 79.4 Å². The van der Waals surface area contributed by atoms with Crippen molar-refractivity contribution in [3.8, 4) is 0 Å². The van der Waals surface area contributed by atoms with Gasteiger partial charge in [-0.25, -0.2) is 4.98 Å². The number of likely N-dealkylation sites (tertiary alicyclic amines) is 1. The van der Waals surface area contributed by atoms with E-state index in [4.69, 9.17) is 11.6 Å². The van der Waals surface area contributed by atoms with Crippen LogP contribution in [0, 0.1) is 11.8 Å². The van der Waals surface area contributed by atoms with Crippen molar-refractivity contribution in [2.45, 2.75) is 25.8 Å². The van der Waals surface area contributed by atoms with Gasteiger partial charge in [-0.3, -0.25) is 19.3 Å². The van der Waals surface area contributed by atoms with E-state index in [0.717, 1.165) is 15.1 Å². The fourth-order valence-electron chi connectivity index (χ4n) is 3.49. The van der Waals surface area contributed by atoms with Gasteiger partial charge in [-0.05, 0) is 38.0 Å². The molecule has 0 saturated carbocycles. The molecule has 26 heavy (non-hydrogen) atoms. The normalized spacial score (nSPS) is 23.4. The second-order valence-electron chi connectivity index (χ2n) is 6.50. The van der Waals surface area contributed by atoms with Gasteiger partial charge in [-0.1, -0.05) is 35.1 Å². The summed E-state index contributed by atoms with van der Waals surface area (Å²) in [6, 6.07) is 4.41. The number of amides is 3. The Hall–Kier alpha value is -2.25. The average Bonchev–Trinajstić information content (AvgIpc) is 3.13. The van der Waals surface area contributed by atoms with Crippen LogP contribution >= 0.6 is 22.9 Å². The Labute approximate surface area is 158 Å². The number of anilines is 1. The third kappa shape index (κ3) is 2.81. The van der Waals surface area contributed by atoms with Crippen molar-refractivity contribution in [2.24, 2.45) is 11.8 Å². The number of imide groups is 1. The van der Waals surface area contributed by atoms with Gasteiger partial charge in [0.05, 0.1) is 22.1 Å². The summed E-state index contributed by atoms with van der Waals surface area (Å²) < 4.78 is 0.853. The summed E-state index contributed by atoms with van der Waals surface area (Å²) in [4.78, 5) is 43.2. The van der Waals surface area contributed by atoms with Gasteiger partial charge >= 0.3 is 0 Å². The van der Waals surface area contributed by atoms with E-state index in [1.165, 1.54) is 11.3 Å². The highest BCUT2D eigenvalue weighted by Gasteiger charge is 2.50. The van der Waals surface area contributed by atoms with Crippen molar-refractivity contribution in [3.05, 3.63) is 35.4 Å². The van der Waals surface area contributed by atoms with Crippen molar-refractivity contribution >= 4 is 56.0 Å². The highest BCUT2D eigenvalue weighted by Crippen LogP contribution is 2.36. The minimum absolute atomic E-state index is 0.261. The molecule has 2 aromatic rings. The van der Waals surface area contributed by atoms with Crippen molar-refractivity contribution in [1.29, 1.82) is 0 Å². The Morgan fingerprint density at radius 2 is 1.92 bits per heavy atom. The largest absolute Gasteiger partial charge is 0.300 e. The van der Waals surface area contributed by atoms with E-state index >= 15 is 0 Å². The highest BCUT2D eigenvalue weighted by atomic mass is 35.5. The second kappa shape index (κ2) is 6.48. The minimum Gasteiger partial charge on any atom is -0.300 e. The number of halogens is 1. The van der Waals surface area contributed by atoms with Gasteiger partial charge in [0.2, 0.25) is 17.7 Å². The number of nitrogens with one attached hydrogen (secondary N) is 1. The maximum atomic E-state index is 12.6. The maximum Gasteiger partial charge on any atom is 0.249 e. The van der Waals surface area contributed by atoms with Gasteiger partial charge in [-0.15, -0.1) is 0 Å². The van der Waals surface area contributed by atoms with Crippen LogP contribution < -0.4 is 5.32 Å². The van der Waals surface area contributed by atoms with Crippen LogP contribution in [0.5, 0.6) is 0 Å². The van der Waals surface area contributed by atoms with Crippen LogP contribution in [-0.2, 0) is 14.4 Å². The monoisotopic (exact) mass is 389 g/mol. The first kappa shape index (κ1) is 17.2. The smallest absolute Gasteiger partial charge is 0.249 e. The molecule has 0 bridgehead atoms. The van der Waals surface area contributed by atoms with Gasteiger partial charge in [0.25, 0.3) is 0 Å². The predicted molar refractivity (Wildman–Crippen MR) is 99.9 cm³/mol. The number of allylic oxidation sites excluding steroid dienone is 2. The summed E-state index contributed by atoms with van der Waals surface area (Å²) in [6.45, 7) is 1.57. The van der Waals surface area contributed by atoms with Crippen molar-refractivity contribution in [3.63, 3.8) is 0 Å². The molecular formula is C18H16ClN3O3S. The van der Waals surface area contributed by atoms with Crippen LogP contribution in [-0.4, -0.2) is 33.6 Å². The molecule has 3 atom stereocenters. The first-order chi connectivity index (χ1) is 12.5. The minimum atomic E-state index is -0.879. The van der Waals surface area contributed by atoms with Crippen molar-refractivity contribution in [1.82, 2.24) is 9.88 Å². The molecule has 1 saturated heterocycles. The number of fused-ring (bicyclic) bond motifs is 2. The summed E-state index contributed by atoms with van der Waals surface area (Å²) in [5, 5.41) is 3.72. The Morgan fingerprint density at radius 3 is 2.58 bits per heavy atom. The third-order valence-corrected chi connectivity index (χ3v) is 6.06. The van der Waals surface area contributed by atoms with Crippen LogP contribution in [0.25, 0.3) is 10.2 Å². The van der Waals surface area contributed by atoms with Gasteiger partial charge in [-0.2, -0.15) is 0 Å². The summed E-state index contributed by atoms with van der Waals surface area (Å²) in [7, 11) is 0. The van der Waals surface area contributed by atoms with Crippen molar-refractivity contribution in [2.75, 3.05) is 5.32 Å². The average molecular weight is 390 g/mol. The van der Waals surface area contributed by atoms with Crippen LogP contribution in [0.1, 0.15) is 19.8 Å². The van der Waals surface area contributed by atoms with E-state index in [1.54, 1.807) is 25.1 Å². The number of nitrogens with zero attached hydrogens (tertiary/aromatic N) is 2. The summed E-state index contributed by atoms with van der Waals surface area (Å²) in [5.41, 5.74) is 0.729. The molecule has 1 aliphatic carbocycles. The molecule has 1 N–H and O–H groups in total. The highest BCUT2D eigenvalue weighted by molar-refractivity contribution is 7.22. The molecule has 1 aliphatic heterocycles. The zero-order valence-electron chi connectivity index (χ0n) is 13.9. The number of benzene rings is 1. The molecular weight excluding hydrogens is 374 g/mol. The molecule has 6 nitrogen and oxygen atoms in total. The molecule has 0 unspecified atom stereocenters. The molecule has 0 spiro atoms. The fourth-order valence-corrected chi connectivity index (χ4v) is 4.63. The van der Waals surface area contributed by atoms with Crippen LogP contribution in [0.2, 0.25) is 5.02 Å². The Balaban J connectivity index is 1.52. The molecule has 2 aliphatic rings. The van der Waals surface area contributed by atoms with E-state index in [-0.39, 0.29) is 23.7 Å². The van der Waals surface area contributed by atoms with Gasteiger partial charge in [0, 0.05) is 5.02 Å². The first-order valence-corrected chi connectivity index (χ1v) is 9.54. The molecule has 1 aromatic heterocycles. The summed E-state index contributed by atoms with van der Waals surface area (Å²) in [6.07, 6.45) is 4.96. The molecule has 8 heteroatoms. The zero-order chi connectivity index (χ0) is 18.4. The number of hydrogen-bond donors (Lipinski definition) is 1. The molecule has 1 aromatic carbocycles. The molecule has 134 valence electrons. The first-order valence-electron chi connectivity index (χ1n) is 8.34. The van der Waals surface area contributed by atoms with Crippen molar-refractivity contribution < 1.29 is 14.4 Å². The van der Waals surface area contributed by atoms with Gasteiger partial charge in [0.15, 0.2) is 5.13 Å². The zero-order valence-corrected chi connectivity index (χ0v) is 15.5. The summed E-state index contributed by atoms with van der Waals surface area (Å²) >= 11 is 7.26. The number of hydrogen-bond acceptors (Lipinski definition) is 5. The molecule has 0 radical (unpaired) electrons. The quantitative estimate of drug-likeness (QED) is 0.645. The fraction of sp³-hybridized carbons (Fsp3) is 0.333. The van der Waals surface area contributed by atoms with E-state index in [1.807, 2.05) is 12.2 Å². The summed E-state index contributed by atoms with van der Waals surface area (Å²) in [5.74, 6) is -1.63. The molecule has 3 amide bonds. The van der Waals surface area contributed by atoms with Crippen LogP contribution in [0.4, 0.5) is 5.13 Å². The van der Waals surface area contributed by atoms with E-state index in [9.17, 15) is 14.4 Å². The SMILES string of the molecule is C[C@@H](C(=O)Nc1nc2ccc(Cl)cc2s1)N1C(=O)[C@H]2CC=CC[C@@H]2C1=O. The molecule has 4 rings (SSSR count). The van der Waals surface area contributed by atoms with Gasteiger partial charge in [0.1, 0.15) is 6.04 Å². The lowest BCUT2D eigenvalue weighted by Crippen LogP contribution is -2.46. The number of carbonyl (C=O) groups is 3. The molecule has 2 heterocycles. The Kier molecular flexibility index (Phi) is 4.28. The lowest BCUT2D eigenvalue weighted by atomic mass is 9.85. The molecule has 1 fully saturated rings. The Bertz CT molecular complexity index is 928. The van der Waals surface area contributed by atoms with Gasteiger partial charge < -0.3 is 5.32 Å². The second-order valence-corrected chi connectivity index (χ2v) is 7.97. The Morgan fingerprint density at radius 1 is 1.27 bits per heavy atom. The van der Waals surface area contributed by atoms with E-state index in [2.05, 4.69) is 10.3 Å². The van der Waals surface area contributed by atoms with Crippen LogP contribution in [0.15, 0.2) is 30.4 Å². The number of aromatic nitrogens is 1. The maximum absolute atomic E-state index is 12.6. The standard InChI is InChI=1S/C18H16ClN3O3S/c1-9(22-16(24)11-4-2-3-5-12(11)17(22)25)15(23)21-18-20-13-7-6-10(19)8-14(13)26-18/h2-3,6-9,11-12H,4-5H2,1H3,(H,20,21,23)/t9-,11-,12-/m0/s1. The van der Waals surface area contributed by atoms with Crippen LogP contribution in [0.3, 0.4) is 0 Å². The lowest BCUT2D eigenvalue weighted by molar-refractivity contribution is -0.146. The number of carbonyl (C=O) groups excluding carboxylic acids is 3. The lowest BCUT2D eigenvalue weighted by Gasteiger charge is -2.21. The van der Waals surface area contributed by atoms with E-state index in [0.29, 0.717) is 23.0 Å². The third-order valence-electron chi connectivity index (χ3n) is 4.89.